The molecular weight excluding hydrogens is 252 g/mol. The van der Waals surface area contributed by atoms with Crippen LogP contribution < -0.4 is 0 Å². The molecule has 0 saturated heterocycles. The first-order chi connectivity index (χ1) is 7.88. The first-order valence-electron chi connectivity index (χ1n) is 5.14. The molecule has 0 radical (unpaired) electrons. The fourth-order valence-electron chi connectivity index (χ4n) is 1.25. The molecule has 2 aromatic carbocycles. The van der Waals surface area contributed by atoms with Crippen LogP contribution in [0.5, 0.6) is 0 Å². The zero-order valence-corrected chi connectivity index (χ0v) is 10.9. The molecule has 0 heterocycles. The second-order valence-corrected chi connectivity index (χ2v) is 3.11. The molecule has 0 fully saturated rings. The Morgan fingerprint density at radius 1 is 1.18 bits per heavy atom. The van der Waals surface area contributed by atoms with Gasteiger partial charge in [0.2, 0.25) is 0 Å². The van der Waals surface area contributed by atoms with Crippen molar-refractivity contribution in [2.45, 2.75) is 0 Å². The fraction of sp³-hybridized carbons (Fsp3) is 0.0667. The molecule has 0 unspecified atom stereocenters. The predicted octanol–water partition coefficient (Wildman–Crippen LogP) is 3.98. The summed E-state index contributed by atoms with van der Waals surface area (Å²) in [5.41, 5.74) is 1.09. The van der Waals surface area contributed by atoms with Crippen molar-refractivity contribution >= 4 is 5.76 Å². The molecule has 1 nitrogen and oxygen atoms in total. The molecule has 2 aromatic rings. The Balaban J connectivity index is 0.000000360. The van der Waals surface area contributed by atoms with Crippen molar-refractivity contribution in [1.29, 1.82) is 0 Å². The van der Waals surface area contributed by atoms with E-state index >= 15 is 0 Å². The van der Waals surface area contributed by atoms with Gasteiger partial charge in [-0.05, 0) is 0 Å². The minimum atomic E-state index is 0. The number of hydrogen-bond donors (Lipinski definition) is 0. The van der Waals surface area contributed by atoms with Crippen LogP contribution in [-0.4, -0.2) is 7.11 Å². The van der Waals surface area contributed by atoms with Gasteiger partial charge in [0.15, 0.2) is 0 Å². The average molecular weight is 268 g/mol. The Bertz CT molecular complexity index is 379. The smallest absolute Gasteiger partial charge is 0.515 e. The van der Waals surface area contributed by atoms with E-state index < -0.39 is 0 Å². The summed E-state index contributed by atoms with van der Waals surface area (Å²) in [5.74, 6) is 0.852. The zero-order chi connectivity index (χ0) is 11.6. The van der Waals surface area contributed by atoms with E-state index in [9.17, 15) is 0 Å². The Morgan fingerprint density at radius 2 is 1.76 bits per heavy atom. The van der Waals surface area contributed by atoms with Crippen LogP contribution in [0.25, 0.3) is 5.76 Å². The van der Waals surface area contributed by atoms with Crippen LogP contribution in [0.3, 0.4) is 0 Å². The van der Waals surface area contributed by atoms with Crippen LogP contribution >= 0.6 is 0 Å². The van der Waals surface area contributed by atoms with Gasteiger partial charge in [-0.1, -0.05) is 11.6 Å². The molecule has 90 valence electrons. The number of ether oxygens (including phenoxy) is 1. The van der Waals surface area contributed by atoms with E-state index in [4.69, 9.17) is 4.74 Å². The van der Waals surface area contributed by atoms with E-state index in [1.165, 1.54) is 0 Å². The van der Waals surface area contributed by atoms with Crippen molar-refractivity contribution in [1.82, 2.24) is 0 Å². The first kappa shape index (κ1) is 15.5. The summed E-state index contributed by atoms with van der Waals surface area (Å²) in [6.45, 7) is 3.60. The van der Waals surface area contributed by atoms with E-state index in [0.717, 1.165) is 11.3 Å². The molecule has 0 aliphatic rings. The fourth-order valence-corrected chi connectivity index (χ4v) is 1.25. The van der Waals surface area contributed by atoms with Crippen molar-refractivity contribution in [3.63, 3.8) is 0 Å². The molecule has 0 aromatic heterocycles. The molecule has 0 N–H and O–H groups in total. The average Bonchev–Trinajstić information content (AvgIpc) is 2.99. The largest absolute Gasteiger partial charge is 2.00 e. The van der Waals surface area contributed by atoms with Crippen LogP contribution in [0.4, 0.5) is 0 Å². The summed E-state index contributed by atoms with van der Waals surface area (Å²) in [5, 5.41) is 0. The van der Waals surface area contributed by atoms with Crippen LogP contribution in [0.2, 0.25) is 0 Å². The summed E-state index contributed by atoms with van der Waals surface area (Å²) in [4.78, 5) is 0. The van der Waals surface area contributed by atoms with Gasteiger partial charge in [-0.25, -0.2) is 12.1 Å². The Hall–Kier alpha value is -1.50. The third-order valence-corrected chi connectivity index (χ3v) is 1.99. The SMILES string of the molecule is C=CC=C(OC)[c-]1cccc1.[Fe+2].c1cc[cH-]c1. The normalized spacial score (nSPS) is 9.59. The Kier molecular flexibility index (Phi) is 8.85. The van der Waals surface area contributed by atoms with E-state index in [1.54, 1.807) is 13.2 Å². The molecule has 0 bridgehead atoms. The second kappa shape index (κ2) is 9.71. The van der Waals surface area contributed by atoms with Gasteiger partial charge in [0, 0.05) is 5.76 Å². The molecule has 0 saturated carbocycles. The molecule has 0 aliphatic heterocycles. The van der Waals surface area contributed by atoms with E-state index in [0.29, 0.717) is 0 Å². The van der Waals surface area contributed by atoms with Gasteiger partial charge in [-0.2, -0.15) is 30.3 Å². The maximum atomic E-state index is 5.12. The van der Waals surface area contributed by atoms with E-state index in [1.807, 2.05) is 60.7 Å². The quantitative estimate of drug-likeness (QED) is 0.354. The Morgan fingerprint density at radius 3 is 2.12 bits per heavy atom. The van der Waals surface area contributed by atoms with Crippen molar-refractivity contribution in [2.24, 2.45) is 0 Å². The number of allylic oxidation sites excluding steroid dienone is 2. The zero-order valence-electron chi connectivity index (χ0n) is 9.82. The molecule has 0 atom stereocenters. The molecule has 2 rings (SSSR count). The molecule has 17 heavy (non-hydrogen) atoms. The Labute approximate surface area is 114 Å². The van der Waals surface area contributed by atoms with Gasteiger partial charge >= 0.3 is 17.1 Å². The maximum absolute atomic E-state index is 5.12. The first-order valence-corrected chi connectivity index (χ1v) is 5.14. The molecule has 0 aliphatic carbocycles. The van der Waals surface area contributed by atoms with Crippen LogP contribution in [-0.2, 0) is 21.8 Å². The molecule has 2 heteroatoms. The summed E-state index contributed by atoms with van der Waals surface area (Å²) in [6.07, 6.45) is 3.56. The number of methoxy groups -OCH3 is 1. The third-order valence-electron chi connectivity index (χ3n) is 1.99. The van der Waals surface area contributed by atoms with Crippen LogP contribution in [0.15, 0.2) is 73.3 Å². The van der Waals surface area contributed by atoms with Crippen molar-refractivity contribution in [2.75, 3.05) is 7.11 Å². The van der Waals surface area contributed by atoms with Gasteiger partial charge in [-0.3, -0.25) is 0 Å². The second-order valence-electron chi connectivity index (χ2n) is 3.11. The molecule has 0 amide bonds. The van der Waals surface area contributed by atoms with Gasteiger partial charge in [0.1, 0.15) is 0 Å². The minimum absolute atomic E-state index is 0. The number of rotatable bonds is 3. The van der Waals surface area contributed by atoms with Gasteiger partial charge in [0.05, 0.1) is 7.11 Å². The summed E-state index contributed by atoms with van der Waals surface area (Å²) >= 11 is 0. The summed E-state index contributed by atoms with van der Waals surface area (Å²) < 4.78 is 5.12. The predicted molar refractivity (Wildman–Crippen MR) is 69.3 cm³/mol. The van der Waals surface area contributed by atoms with Gasteiger partial charge < -0.3 is 4.74 Å². The number of hydrogen-bond acceptors (Lipinski definition) is 1. The van der Waals surface area contributed by atoms with Crippen LogP contribution in [0.1, 0.15) is 5.56 Å². The van der Waals surface area contributed by atoms with Crippen LogP contribution in [0, 0.1) is 0 Å². The maximum Gasteiger partial charge on any atom is 2.00 e. The van der Waals surface area contributed by atoms with Crippen molar-refractivity contribution < 1.29 is 21.8 Å². The molecular formula is C15H16FeO. The topological polar surface area (TPSA) is 9.23 Å². The van der Waals surface area contributed by atoms with Gasteiger partial charge in [-0.15, -0.1) is 24.8 Å². The van der Waals surface area contributed by atoms with Crippen molar-refractivity contribution in [3.05, 3.63) is 78.9 Å². The molecule has 0 spiro atoms. The standard InChI is InChI=1S/C10H11O.C5H5.Fe/c1-3-6-10(11-2)9-7-4-5-8-9;1-2-4-5-3-1;/h3-8H,1H2,2H3;1-5H;/q2*-1;+2. The van der Waals surface area contributed by atoms with Gasteiger partial charge in [0.25, 0.3) is 0 Å². The monoisotopic (exact) mass is 268 g/mol. The van der Waals surface area contributed by atoms with E-state index in [2.05, 4.69) is 6.58 Å². The third kappa shape index (κ3) is 5.96. The van der Waals surface area contributed by atoms with E-state index in [-0.39, 0.29) is 17.1 Å². The van der Waals surface area contributed by atoms with Crippen molar-refractivity contribution in [3.8, 4) is 0 Å². The minimum Gasteiger partial charge on any atom is -0.515 e. The summed E-state index contributed by atoms with van der Waals surface area (Å²) in [7, 11) is 1.66. The summed E-state index contributed by atoms with van der Waals surface area (Å²) in [6, 6.07) is 18.0.